The third kappa shape index (κ3) is 4.79. The molecule has 0 radical (unpaired) electrons. The second-order valence-electron chi connectivity index (χ2n) is 3.73. The van der Waals surface area contributed by atoms with Gasteiger partial charge in [-0.05, 0) is 20.4 Å². The van der Waals surface area contributed by atoms with Crippen molar-refractivity contribution in [2.45, 2.75) is 32.4 Å². The summed E-state index contributed by atoms with van der Waals surface area (Å²) in [7, 11) is 1.83. The van der Waals surface area contributed by atoms with Gasteiger partial charge in [-0.25, -0.2) is 8.78 Å². The monoisotopic (exact) mass is 247 g/mol. The van der Waals surface area contributed by atoms with E-state index < -0.39 is 13.0 Å². The highest BCUT2D eigenvalue weighted by Crippen LogP contribution is 2.15. The van der Waals surface area contributed by atoms with Gasteiger partial charge in [0.2, 0.25) is 0 Å². The van der Waals surface area contributed by atoms with Gasteiger partial charge < -0.3 is 10.1 Å². The summed E-state index contributed by atoms with van der Waals surface area (Å²) in [6.07, 6.45) is 2.00. The molecule has 1 atom stereocenters. The van der Waals surface area contributed by atoms with Crippen LogP contribution in [0.4, 0.5) is 8.78 Å². The minimum Gasteiger partial charge on any atom is -0.375 e. The first kappa shape index (κ1) is 14.1. The molecule has 4 nitrogen and oxygen atoms in total. The summed E-state index contributed by atoms with van der Waals surface area (Å²) in [5.41, 5.74) is 1.05. The van der Waals surface area contributed by atoms with Crippen molar-refractivity contribution in [1.82, 2.24) is 15.1 Å². The molecule has 1 aromatic rings. The first-order chi connectivity index (χ1) is 8.17. The van der Waals surface area contributed by atoms with Gasteiger partial charge in [0, 0.05) is 31.0 Å². The van der Waals surface area contributed by atoms with Crippen LogP contribution in [-0.2, 0) is 11.3 Å². The van der Waals surface area contributed by atoms with Crippen LogP contribution in [0.5, 0.6) is 0 Å². The Morgan fingerprint density at radius 1 is 1.53 bits per heavy atom. The molecule has 0 aliphatic rings. The first-order valence-electron chi connectivity index (χ1n) is 5.72. The Balaban J connectivity index is 2.37. The second-order valence-corrected chi connectivity index (χ2v) is 3.73. The van der Waals surface area contributed by atoms with Crippen molar-refractivity contribution >= 4 is 0 Å². The number of rotatable bonds is 8. The zero-order chi connectivity index (χ0) is 12.7. The van der Waals surface area contributed by atoms with E-state index in [1.807, 2.05) is 24.9 Å². The molecule has 0 aromatic carbocycles. The summed E-state index contributed by atoms with van der Waals surface area (Å²) in [6.45, 7) is 2.65. The molecule has 0 saturated carbocycles. The van der Waals surface area contributed by atoms with Crippen molar-refractivity contribution in [3.63, 3.8) is 0 Å². The Morgan fingerprint density at radius 2 is 2.29 bits per heavy atom. The number of nitrogens with zero attached hydrogens (tertiary/aromatic N) is 2. The molecule has 1 heterocycles. The predicted molar refractivity (Wildman–Crippen MR) is 61.1 cm³/mol. The van der Waals surface area contributed by atoms with Crippen LogP contribution in [0.2, 0.25) is 0 Å². The van der Waals surface area contributed by atoms with Crippen molar-refractivity contribution < 1.29 is 13.5 Å². The fraction of sp³-hybridized carbons (Fsp3) is 0.727. The zero-order valence-electron chi connectivity index (χ0n) is 10.2. The molecule has 0 aliphatic heterocycles. The second kappa shape index (κ2) is 7.34. The normalized spacial score (nSPS) is 13.2. The quantitative estimate of drug-likeness (QED) is 0.712. The van der Waals surface area contributed by atoms with Crippen molar-refractivity contribution in [1.29, 1.82) is 0 Å². The Bertz CT molecular complexity index is 317. The van der Waals surface area contributed by atoms with Gasteiger partial charge in [0.1, 0.15) is 6.61 Å². The average Bonchev–Trinajstić information content (AvgIpc) is 2.77. The number of nitrogens with one attached hydrogen (secondary N) is 1. The third-order valence-electron chi connectivity index (χ3n) is 2.52. The van der Waals surface area contributed by atoms with E-state index in [4.69, 9.17) is 4.74 Å². The summed E-state index contributed by atoms with van der Waals surface area (Å²) in [5, 5.41) is 7.30. The lowest BCUT2D eigenvalue weighted by atomic mass is 10.1. The summed E-state index contributed by atoms with van der Waals surface area (Å²) >= 11 is 0. The number of hydrogen-bond donors (Lipinski definition) is 1. The Morgan fingerprint density at radius 3 is 2.82 bits per heavy atom. The molecule has 1 aromatic heterocycles. The fourth-order valence-corrected chi connectivity index (χ4v) is 1.58. The van der Waals surface area contributed by atoms with Gasteiger partial charge in [0.25, 0.3) is 6.43 Å². The van der Waals surface area contributed by atoms with Crippen LogP contribution in [0.25, 0.3) is 0 Å². The van der Waals surface area contributed by atoms with Gasteiger partial charge in [-0.2, -0.15) is 5.10 Å². The lowest BCUT2D eigenvalue weighted by Gasteiger charge is -2.14. The number of aromatic nitrogens is 2. The average molecular weight is 247 g/mol. The maximum absolute atomic E-state index is 11.9. The van der Waals surface area contributed by atoms with E-state index in [0.29, 0.717) is 13.0 Å². The third-order valence-corrected chi connectivity index (χ3v) is 2.52. The molecule has 0 amide bonds. The van der Waals surface area contributed by atoms with Gasteiger partial charge in [0.15, 0.2) is 0 Å². The van der Waals surface area contributed by atoms with Crippen molar-refractivity contribution in [2.75, 3.05) is 20.3 Å². The minimum atomic E-state index is -2.40. The van der Waals surface area contributed by atoms with E-state index in [1.165, 1.54) is 0 Å². The molecule has 17 heavy (non-hydrogen) atoms. The van der Waals surface area contributed by atoms with Crippen LogP contribution in [-0.4, -0.2) is 36.5 Å². The molecule has 98 valence electrons. The van der Waals surface area contributed by atoms with Crippen molar-refractivity contribution in [2.24, 2.45) is 0 Å². The van der Waals surface area contributed by atoms with Crippen LogP contribution >= 0.6 is 0 Å². The highest BCUT2D eigenvalue weighted by molar-refractivity contribution is 5.10. The van der Waals surface area contributed by atoms with Crippen LogP contribution in [0.3, 0.4) is 0 Å². The highest BCUT2D eigenvalue weighted by atomic mass is 19.3. The molecule has 0 fully saturated rings. The molecule has 0 bridgehead atoms. The largest absolute Gasteiger partial charge is 0.375 e. The molecular formula is C11H19F2N3O. The maximum Gasteiger partial charge on any atom is 0.261 e. The zero-order valence-corrected chi connectivity index (χ0v) is 10.2. The Labute approximate surface area is 100.0 Å². The molecule has 0 saturated heterocycles. The fourth-order valence-electron chi connectivity index (χ4n) is 1.58. The van der Waals surface area contributed by atoms with Crippen LogP contribution in [0.15, 0.2) is 12.4 Å². The molecule has 1 N–H and O–H groups in total. The Hall–Kier alpha value is -1.01. The van der Waals surface area contributed by atoms with Crippen molar-refractivity contribution in [3.8, 4) is 0 Å². The SMILES string of the molecule is CCn1cc(C(CCOCC(F)F)NC)cn1. The van der Waals surface area contributed by atoms with Gasteiger partial charge >= 0.3 is 0 Å². The summed E-state index contributed by atoms with van der Waals surface area (Å²) < 4.78 is 30.4. The van der Waals surface area contributed by atoms with E-state index in [0.717, 1.165) is 12.1 Å². The predicted octanol–water partition coefficient (Wildman–Crippen LogP) is 1.84. The van der Waals surface area contributed by atoms with Crippen LogP contribution in [0.1, 0.15) is 24.9 Å². The Kier molecular flexibility index (Phi) is 6.07. The minimum absolute atomic E-state index is 0.0907. The van der Waals surface area contributed by atoms with Gasteiger partial charge in [-0.15, -0.1) is 0 Å². The number of ether oxygens (including phenoxy) is 1. The van der Waals surface area contributed by atoms with Gasteiger partial charge in [-0.3, -0.25) is 4.68 Å². The lowest BCUT2D eigenvalue weighted by Crippen LogP contribution is -2.18. The number of alkyl halides is 2. The molecule has 1 unspecified atom stereocenters. The van der Waals surface area contributed by atoms with E-state index in [2.05, 4.69) is 10.4 Å². The summed E-state index contributed by atoms with van der Waals surface area (Å²) in [4.78, 5) is 0. The molecule has 1 rings (SSSR count). The standard InChI is InChI=1S/C11H19F2N3O/c1-3-16-7-9(6-15-16)10(14-2)4-5-17-8-11(12)13/h6-7,10-11,14H,3-5,8H2,1-2H3. The van der Waals surface area contributed by atoms with E-state index in [1.54, 1.807) is 6.20 Å². The number of hydrogen-bond acceptors (Lipinski definition) is 3. The van der Waals surface area contributed by atoms with Crippen molar-refractivity contribution in [3.05, 3.63) is 18.0 Å². The maximum atomic E-state index is 11.9. The molecular weight excluding hydrogens is 228 g/mol. The lowest BCUT2D eigenvalue weighted by molar-refractivity contribution is 0.0145. The molecule has 6 heteroatoms. The topological polar surface area (TPSA) is 39.1 Å². The van der Waals surface area contributed by atoms with E-state index in [9.17, 15) is 8.78 Å². The van der Waals surface area contributed by atoms with Crippen LogP contribution in [0, 0.1) is 0 Å². The van der Waals surface area contributed by atoms with E-state index >= 15 is 0 Å². The van der Waals surface area contributed by atoms with Crippen LogP contribution < -0.4 is 5.32 Å². The summed E-state index contributed by atoms with van der Waals surface area (Å²) in [6, 6.07) is 0.0907. The molecule has 0 aliphatic carbocycles. The highest BCUT2D eigenvalue weighted by Gasteiger charge is 2.11. The smallest absolute Gasteiger partial charge is 0.261 e. The molecule has 0 spiro atoms. The van der Waals surface area contributed by atoms with E-state index in [-0.39, 0.29) is 6.04 Å². The summed E-state index contributed by atoms with van der Waals surface area (Å²) in [5.74, 6) is 0. The number of halogens is 2. The van der Waals surface area contributed by atoms with Gasteiger partial charge in [-0.1, -0.05) is 0 Å². The number of aryl methyl sites for hydroxylation is 1. The van der Waals surface area contributed by atoms with Gasteiger partial charge in [0.05, 0.1) is 6.20 Å². The first-order valence-corrected chi connectivity index (χ1v) is 5.72.